The molecule has 1 aliphatic carbocycles. The lowest BCUT2D eigenvalue weighted by atomic mass is 10.2. The Morgan fingerprint density at radius 3 is 2.46 bits per heavy atom. The monoisotopic (exact) mass is 388 g/mol. The number of thioether (sulfide) groups is 1. The minimum absolute atomic E-state index is 0.0773. The predicted octanol–water partition coefficient (Wildman–Crippen LogP) is 5.12. The van der Waals surface area contributed by atoms with Crippen LogP contribution >= 0.6 is 23.4 Å². The predicted molar refractivity (Wildman–Crippen MR) is 108 cm³/mol. The molecule has 2 N–H and O–H groups in total. The van der Waals surface area contributed by atoms with E-state index in [4.69, 9.17) is 11.6 Å². The van der Waals surface area contributed by atoms with Gasteiger partial charge in [0.05, 0.1) is 5.25 Å². The van der Waals surface area contributed by atoms with E-state index in [1.54, 1.807) is 12.1 Å². The summed E-state index contributed by atoms with van der Waals surface area (Å²) in [6.07, 6.45) is 1.97. The van der Waals surface area contributed by atoms with Gasteiger partial charge in [0.2, 0.25) is 11.8 Å². The molecule has 0 heterocycles. The van der Waals surface area contributed by atoms with E-state index in [1.165, 1.54) is 11.8 Å². The van der Waals surface area contributed by atoms with Crippen LogP contribution in [0.1, 0.15) is 25.3 Å². The highest BCUT2D eigenvalue weighted by Gasteiger charge is 2.29. The summed E-state index contributed by atoms with van der Waals surface area (Å²) in [7, 11) is 0. The number of nitrogens with one attached hydrogen (secondary N) is 2. The van der Waals surface area contributed by atoms with Crippen molar-refractivity contribution in [1.29, 1.82) is 0 Å². The Hall–Kier alpha value is -1.98. The molecule has 26 heavy (non-hydrogen) atoms. The molecule has 1 saturated carbocycles. The van der Waals surface area contributed by atoms with Crippen molar-refractivity contribution in [1.82, 2.24) is 0 Å². The van der Waals surface area contributed by atoms with Crippen LogP contribution in [0.4, 0.5) is 11.4 Å². The van der Waals surface area contributed by atoms with Crippen molar-refractivity contribution in [2.45, 2.75) is 36.8 Å². The summed E-state index contributed by atoms with van der Waals surface area (Å²) in [6.45, 7) is 3.79. The third-order valence-electron chi connectivity index (χ3n) is 4.21. The average molecular weight is 389 g/mol. The Bertz CT molecular complexity index is 819. The van der Waals surface area contributed by atoms with E-state index in [0.29, 0.717) is 5.02 Å². The summed E-state index contributed by atoms with van der Waals surface area (Å²) in [5.41, 5.74) is 2.49. The maximum absolute atomic E-state index is 12.4. The number of rotatable bonds is 6. The summed E-state index contributed by atoms with van der Waals surface area (Å²) in [6, 6.07) is 13.0. The first-order valence-electron chi connectivity index (χ1n) is 8.57. The zero-order valence-corrected chi connectivity index (χ0v) is 16.3. The highest BCUT2D eigenvalue weighted by atomic mass is 35.5. The van der Waals surface area contributed by atoms with Crippen molar-refractivity contribution in [3.05, 3.63) is 53.1 Å². The number of hydrogen-bond acceptors (Lipinski definition) is 3. The molecule has 2 amide bonds. The molecule has 1 fully saturated rings. The lowest BCUT2D eigenvalue weighted by molar-refractivity contribution is -0.117. The number of hydrogen-bond donors (Lipinski definition) is 2. The molecular weight excluding hydrogens is 368 g/mol. The second kappa shape index (κ2) is 8.14. The standard InChI is InChI=1S/C20H21ClN2O2S/c1-12-3-6-15(21)11-18(12)23-19(24)13(2)26-17-9-7-16(8-10-17)22-20(25)14-4-5-14/h3,6-11,13-14H,4-5H2,1-2H3,(H,22,25)(H,23,24). The van der Waals surface area contributed by atoms with Crippen LogP contribution in [0.25, 0.3) is 0 Å². The Balaban J connectivity index is 1.56. The summed E-state index contributed by atoms with van der Waals surface area (Å²) < 4.78 is 0. The Morgan fingerprint density at radius 2 is 1.81 bits per heavy atom. The molecule has 0 saturated heterocycles. The van der Waals surface area contributed by atoms with Gasteiger partial charge in [-0.2, -0.15) is 0 Å². The van der Waals surface area contributed by atoms with Crippen LogP contribution in [0, 0.1) is 12.8 Å². The number of halogens is 1. The average Bonchev–Trinajstić information content (AvgIpc) is 3.45. The summed E-state index contributed by atoms with van der Waals surface area (Å²) in [4.78, 5) is 25.2. The fourth-order valence-electron chi connectivity index (χ4n) is 2.43. The summed E-state index contributed by atoms with van der Waals surface area (Å²) in [5, 5.41) is 6.17. The van der Waals surface area contributed by atoms with Crippen LogP contribution in [-0.4, -0.2) is 17.1 Å². The summed E-state index contributed by atoms with van der Waals surface area (Å²) >= 11 is 7.47. The number of anilines is 2. The first-order chi connectivity index (χ1) is 12.4. The second-order valence-corrected chi connectivity index (χ2v) is 8.35. The van der Waals surface area contributed by atoms with Gasteiger partial charge in [0.25, 0.3) is 0 Å². The molecule has 0 radical (unpaired) electrons. The maximum Gasteiger partial charge on any atom is 0.237 e. The molecule has 6 heteroatoms. The molecule has 4 nitrogen and oxygen atoms in total. The van der Waals surface area contributed by atoms with E-state index in [1.807, 2.05) is 44.2 Å². The second-order valence-electron chi connectivity index (χ2n) is 6.50. The van der Waals surface area contributed by atoms with E-state index >= 15 is 0 Å². The van der Waals surface area contributed by atoms with Crippen LogP contribution in [0.5, 0.6) is 0 Å². The lowest BCUT2D eigenvalue weighted by Gasteiger charge is -2.14. The van der Waals surface area contributed by atoms with Gasteiger partial charge in [-0.15, -0.1) is 11.8 Å². The minimum atomic E-state index is -0.264. The SMILES string of the molecule is Cc1ccc(Cl)cc1NC(=O)C(C)Sc1ccc(NC(=O)C2CC2)cc1. The smallest absolute Gasteiger partial charge is 0.237 e. The van der Waals surface area contributed by atoms with Crippen molar-refractivity contribution in [3.8, 4) is 0 Å². The zero-order valence-electron chi connectivity index (χ0n) is 14.7. The quantitative estimate of drug-likeness (QED) is 0.675. The van der Waals surface area contributed by atoms with Gasteiger partial charge in [-0.25, -0.2) is 0 Å². The molecule has 1 aliphatic rings. The zero-order chi connectivity index (χ0) is 18.7. The van der Waals surface area contributed by atoms with Gasteiger partial charge >= 0.3 is 0 Å². The number of amides is 2. The molecule has 2 aromatic carbocycles. The number of carbonyl (C=O) groups is 2. The minimum Gasteiger partial charge on any atom is -0.326 e. The Morgan fingerprint density at radius 1 is 1.12 bits per heavy atom. The van der Waals surface area contributed by atoms with Gasteiger partial charge in [0, 0.05) is 27.2 Å². The topological polar surface area (TPSA) is 58.2 Å². The molecule has 0 aliphatic heterocycles. The van der Waals surface area contributed by atoms with Crippen LogP contribution in [-0.2, 0) is 9.59 Å². The van der Waals surface area contributed by atoms with Gasteiger partial charge in [-0.05, 0) is 68.7 Å². The van der Waals surface area contributed by atoms with Crippen LogP contribution in [0.15, 0.2) is 47.4 Å². The van der Waals surface area contributed by atoms with Crippen molar-refractivity contribution >= 4 is 46.6 Å². The maximum atomic E-state index is 12.4. The third kappa shape index (κ3) is 5.02. The van der Waals surface area contributed by atoms with E-state index < -0.39 is 0 Å². The first-order valence-corrected chi connectivity index (χ1v) is 9.83. The van der Waals surface area contributed by atoms with Crippen molar-refractivity contribution < 1.29 is 9.59 Å². The van der Waals surface area contributed by atoms with E-state index in [2.05, 4.69) is 10.6 Å². The molecule has 0 bridgehead atoms. The molecular formula is C20H21ClN2O2S. The largest absolute Gasteiger partial charge is 0.326 e. The van der Waals surface area contributed by atoms with Gasteiger partial charge in [-0.3, -0.25) is 9.59 Å². The molecule has 1 atom stereocenters. The number of benzene rings is 2. The Labute approximate surface area is 162 Å². The van der Waals surface area contributed by atoms with Crippen LogP contribution < -0.4 is 10.6 Å². The van der Waals surface area contributed by atoms with Crippen molar-refractivity contribution in [2.75, 3.05) is 10.6 Å². The molecule has 0 aromatic heterocycles. The fourth-order valence-corrected chi connectivity index (χ4v) is 3.47. The summed E-state index contributed by atoms with van der Waals surface area (Å²) in [5.74, 6) is 0.198. The molecule has 1 unspecified atom stereocenters. The van der Waals surface area contributed by atoms with Crippen LogP contribution in [0.2, 0.25) is 5.02 Å². The highest BCUT2D eigenvalue weighted by molar-refractivity contribution is 8.00. The van der Waals surface area contributed by atoms with E-state index in [0.717, 1.165) is 34.7 Å². The van der Waals surface area contributed by atoms with Gasteiger partial charge in [0.1, 0.15) is 0 Å². The van der Waals surface area contributed by atoms with Crippen molar-refractivity contribution in [2.24, 2.45) is 5.92 Å². The van der Waals surface area contributed by atoms with E-state index in [9.17, 15) is 9.59 Å². The lowest BCUT2D eigenvalue weighted by Crippen LogP contribution is -2.22. The molecule has 2 aromatic rings. The molecule has 136 valence electrons. The fraction of sp³-hybridized carbons (Fsp3) is 0.300. The normalized spacial score (nSPS) is 14.6. The van der Waals surface area contributed by atoms with Gasteiger partial charge in [0.15, 0.2) is 0 Å². The number of carbonyl (C=O) groups excluding carboxylic acids is 2. The Kier molecular flexibility index (Phi) is 5.89. The first kappa shape index (κ1) is 18.8. The number of aryl methyl sites for hydroxylation is 1. The van der Waals surface area contributed by atoms with E-state index in [-0.39, 0.29) is 23.0 Å². The van der Waals surface area contributed by atoms with Crippen molar-refractivity contribution in [3.63, 3.8) is 0 Å². The van der Waals surface area contributed by atoms with Gasteiger partial charge in [-0.1, -0.05) is 17.7 Å². The highest BCUT2D eigenvalue weighted by Crippen LogP contribution is 2.31. The van der Waals surface area contributed by atoms with Crippen LogP contribution in [0.3, 0.4) is 0 Å². The molecule has 0 spiro atoms. The third-order valence-corrected chi connectivity index (χ3v) is 5.56. The molecule has 3 rings (SSSR count). The van der Waals surface area contributed by atoms with Gasteiger partial charge < -0.3 is 10.6 Å².